The molecule has 6 nitrogen and oxygen atoms in total. The van der Waals surface area contributed by atoms with Gasteiger partial charge in [-0.3, -0.25) is 4.90 Å². The minimum absolute atomic E-state index is 0.116. The second-order valence-corrected chi connectivity index (χ2v) is 9.42. The highest BCUT2D eigenvalue weighted by atomic mass is 32.2. The van der Waals surface area contributed by atoms with E-state index in [9.17, 15) is 13.2 Å². The third kappa shape index (κ3) is 3.89. The number of aryl methyl sites for hydroxylation is 2. The first-order valence-corrected chi connectivity index (χ1v) is 11.4. The van der Waals surface area contributed by atoms with Gasteiger partial charge in [0.1, 0.15) is 0 Å². The van der Waals surface area contributed by atoms with Crippen LogP contribution in [0, 0.1) is 0 Å². The van der Waals surface area contributed by atoms with Gasteiger partial charge in [0.25, 0.3) is 10.0 Å². The SMILES string of the molecule is CN1CCC[C@H]1/C=C/S(=O)(=O)NC(=O)Nc1c2c(cc3c1CCC3)CCC2. The van der Waals surface area contributed by atoms with E-state index in [4.69, 9.17) is 0 Å². The van der Waals surface area contributed by atoms with Crippen LogP contribution in [0.15, 0.2) is 17.6 Å². The second kappa shape index (κ2) is 7.28. The molecule has 3 aliphatic rings. The van der Waals surface area contributed by atoms with Gasteiger partial charge in [-0.2, -0.15) is 0 Å². The van der Waals surface area contributed by atoms with Crippen LogP contribution in [0.5, 0.6) is 0 Å². The van der Waals surface area contributed by atoms with Gasteiger partial charge in [0.2, 0.25) is 0 Å². The largest absolute Gasteiger partial charge is 0.333 e. The lowest BCUT2D eigenvalue weighted by molar-refractivity contribution is 0.256. The fourth-order valence-electron chi connectivity index (χ4n) is 4.64. The molecule has 1 fully saturated rings. The van der Waals surface area contributed by atoms with Crippen LogP contribution in [0.3, 0.4) is 0 Å². The smallest absolute Gasteiger partial charge is 0.307 e. The number of carbonyl (C=O) groups is 1. The molecule has 0 aromatic heterocycles. The minimum Gasteiger partial charge on any atom is -0.307 e. The Labute approximate surface area is 161 Å². The summed E-state index contributed by atoms with van der Waals surface area (Å²) < 4.78 is 26.7. The van der Waals surface area contributed by atoms with Crippen LogP contribution in [0.4, 0.5) is 10.5 Å². The van der Waals surface area contributed by atoms with Crippen molar-refractivity contribution >= 4 is 21.7 Å². The van der Waals surface area contributed by atoms with Gasteiger partial charge >= 0.3 is 6.03 Å². The number of hydrogen-bond donors (Lipinski definition) is 2. The molecule has 146 valence electrons. The van der Waals surface area contributed by atoms with Crippen molar-refractivity contribution in [3.05, 3.63) is 39.8 Å². The maximum absolute atomic E-state index is 12.4. The van der Waals surface area contributed by atoms with Gasteiger partial charge in [-0.1, -0.05) is 12.1 Å². The second-order valence-electron chi connectivity index (χ2n) is 7.85. The van der Waals surface area contributed by atoms with Crippen molar-refractivity contribution in [1.82, 2.24) is 9.62 Å². The highest BCUT2D eigenvalue weighted by Gasteiger charge is 2.26. The number of anilines is 1. The van der Waals surface area contributed by atoms with Crippen LogP contribution in [0.2, 0.25) is 0 Å². The van der Waals surface area contributed by atoms with Crippen LogP contribution in [-0.4, -0.2) is 39.0 Å². The fourth-order valence-corrected chi connectivity index (χ4v) is 5.41. The zero-order valence-electron chi connectivity index (χ0n) is 15.8. The Hall–Kier alpha value is -1.86. The molecule has 2 amide bonds. The molecule has 4 rings (SSSR count). The van der Waals surface area contributed by atoms with Crippen molar-refractivity contribution in [3.8, 4) is 0 Å². The average Bonchev–Trinajstić information content (AvgIpc) is 3.32. The zero-order chi connectivity index (χ0) is 19.0. The molecule has 7 heteroatoms. The van der Waals surface area contributed by atoms with Crippen molar-refractivity contribution in [1.29, 1.82) is 0 Å². The van der Waals surface area contributed by atoms with E-state index >= 15 is 0 Å². The van der Waals surface area contributed by atoms with E-state index in [-0.39, 0.29) is 6.04 Å². The molecule has 1 saturated heterocycles. The third-order valence-electron chi connectivity index (χ3n) is 6.00. The average molecular weight is 390 g/mol. The molecule has 0 unspecified atom stereocenters. The predicted octanol–water partition coefficient (Wildman–Crippen LogP) is 2.72. The van der Waals surface area contributed by atoms with Gasteiger partial charge in [-0.25, -0.2) is 17.9 Å². The van der Waals surface area contributed by atoms with E-state index in [0.717, 1.165) is 69.0 Å². The Balaban J connectivity index is 1.48. The van der Waals surface area contributed by atoms with Crippen molar-refractivity contribution in [2.75, 3.05) is 18.9 Å². The molecule has 0 radical (unpaired) electrons. The van der Waals surface area contributed by atoms with Gasteiger partial charge in [-0.15, -0.1) is 0 Å². The van der Waals surface area contributed by atoms with Crippen molar-refractivity contribution in [2.45, 2.75) is 57.4 Å². The minimum atomic E-state index is -3.81. The summed E-state index contributed by atoms with van der Waals surface area (Å²) in [6.07, 6.45) is 9.80. The van der Waals surface area contributed by atoms with E-state index in [2.05, 4.69) is 21.0 Å². The summed E-state index contributed by atoms with van der Waals surface area (Å²) in [5.74, 6) is 0. The molecule has 0 bridgehead atoms. The van der Waals surface area contributed by atoms with Crippen molar-refractivity contribution in [2.24, 2.45) is 0 Å². The van der Waals surface area contributed by atoms with Gasteiger partial charge in [0.15, 0.2) is 0 Å². The molecule has 1 aromatic carbocycles. The number of carbonyl (C=O) groups excluding carboxylic acids is 1. The number of sulfonamides is 1. The first kappa shape index (κ1) is 18.5. The maximum Gasteiger partial charge on any atom is 0.333 e. The van der Waals surface area contributed by atoms with Crippen molar-refractivity contribution in [3.63, 3.8) is 0 Å². The summed E-state index contributed by atoms with van der Waals surface area (Å²) >= 11 is 0. The highest BCUT2D eigenvalue weighted by molar-refractivity contribution is 7.92. The summed E-state index contributed by atoms with van der Waals surface area (Å²) in [4.78, 5) is 14.6. The number of fused-ring (bicyclic) bond motifs is 2. The number of nitrogens with zero attached hydrogens (tertiary/aromatic N) is 1. The summed E-state index contributed by atoms with van der Waals surface area (Å²) in [5, 5.41) is 3.99. The number of rotatable bonds is 4. The van der Waals surface area contributed by atoms with Crippen LogP contribution in [0.1, 0.15) is 47.9 Å². The monoisotopic (exact) mass is 389 g/mol. The molecular weight excluding hydrogens is 362 g/mol. The van der Waals surface area contributed by atoms with E-state index in [1.54, 1.807) is 6.08 Å². The molecule has 0 spiro atoms. The maximum atomic E-state index is 12.4. The van der Waals surface area contributed by atoms with E-state index in [1.165, 1.54) is 22.3 Å². The molecule has 1 aliphatic heterocycles. The Morgan fingerprint density at radius 3 is 2.37 bits per heavy atom. The first-order valence-electron chi connectivity index (χ1n) is 9.82. The summed E-state index contributed by atoms with van der Waals surface area (Å²) in [5.41, 5.74) is 5.83. The lowest BCUT2D eigenvalue weighted by Gasteiger charge is -2.16. The Kier molecular flexibility index (Phi) is 4.99. The molecule has 1 aromatic rings. The van der Waals surface area contributed by atoms with Crippen LogP contribution in [-0.2, 0) is 35.7 Å². The summed E-state index contributed by atoms with van der Waals surface area (Å²) in [6.45, 7) is 0.965. The van der Waals surface area contributed by atoms with E-state index in [1.807, 2.05) is 7.05 Å². The van der Waals surface area contributed by atoms with Gasteiger partial charge in [0, 0.05) is 17.1 Å². The number of hydrogen-bond acceptors (Lipinski definition) is 4. The van der Waals surface area contributed by atoms with Crippen LogP contribution < -0.4 is 10.0 Å². The van der Waals surface area contributed by atoms with Gasteiger partial charge in [-0.05, 0) is 87.2 Å². The van der Waals surface area contributed by atoms with Gasteiger partial charge in [0.05, 0.1) is 0 Å². The normalized spacial score (nSPS) is 22.2. The summed E-state index contributed by atoms with van der Waals surface area (Å²) in [6, 6.07) is 1.73. The topological polar surface area (TPSA) is 78.5 Å². The molecule has 1 heterocycles. The number of likely N-dealkylation sites (tertiary alicyclic amines) is 1. The lowest BCUT2D eigenvalue weighted by atomic mass is 9.99. The molecule has 2 aliphatic carbocycles. The number of likely N-dealkylation sites (N-methyl/N-ethyl adjacent to an activating group) is 1. The van der Waals surface area contributed by atoms with Crippen LogP contribution in [0.25, 0.3) is 0 Å². The zero-order valence-corrected chi connectivity index (χ0v) is 16.6. The van der Waals surface area contributed by atoms with E-state index < -0.39 is 16.1 Å². The van der Waals surface area contributed by atoms with Crippen LogP contribution >= 0.6 is 0 Å². The summed E-state index contributed by atoms with van der Waals surface area (Å²) in [7, 11) is -1.83. The number of amides is 2. The highest BCUT2D eigenvalue weighted by Crippen LogP contribution is 2.38. The van der Waals surface area contributed by atoms with Crippen molar-refractivity contribution < 1.29 is 13.2 Å². The van der Waals surface area contributed by atoms with Gasteiger partial charge < -0.3 is 5.32 Å². The third-order valence-corrected chi connectivity index (χ3v) is 6.99. The molecule has 1 atom stereocenters. The number of benzene rings is 1. The first-order chi connectivity index (χ1) is 12.9. The molecule has 0 saturated carbocycles. The predicted molar refractivity (Wildman–Crippen MR) is 106 cm³/mol. The fraction of sp³-hybridized carbons (Fsp3) is 0.550. The van der Waals surface area contributed by atoms with E-state index in [0.29, 0.717) is 0 Å². The quantitative estimate of drug-likeness (QED) is 0.830. The number of urea groups is 1. The number of nitrogens with one attached hydrogen (secondary N) is 2. The lowest BCUT2D eigenvalue weighted by Crippen LogP contribution is -2.34. The standard InChI is InChI=1S/C20H27N3O3S/c1-23-11-4-7-16(23)10-12-27(25,26)22-20(24)21-19-17-8-2-5-14(17)13-15-6-3-9-18(15)19/h10,12-13,16H,2-9,11H2,1H3,(H2,21,22,24)/b12-10+/t16-/m0/s1. The Bertz CT molecular complexity index is 860. The molecular formula is C20H27N3O3S. The Morgan fingerprint density at radius 2 is 1.78 bits per heavy atom. The molecule has 2 N–H and O–H groups in total. The Morgan fingerprint density at radius 1 is 1.11 bits per heavy atom. The molecule has 27 heavy (non-hydrogen) atoms.